The Bertz CT molecular complexity index is 771. The average molecular weight is 415 g/mol. The highest BCUT2D eigenvalue weighted by atomic mass is 16.5. The van der Waals surface area contributed by atoms with Crippen molar-refractivity contribution in [2.45, 2.75) is 19.3 Å². The van der Waals surface area contributed by atoms with Gasteiger partial charge in [-0.05, 0) is 43.5 Å². The summed E-state index contributed by atoms with van der Waals surface area (Å²) in [6, 6.07) is 7.58. The van der Waals surface area contributed by atoms with Gasteiger partial charge < -0.3 is 24.6 Å². The molecular formula is C22H29N3O5. The zero-order valence-electron chi connectivity index (χ0n) is 17.3. The normalized spacial score (nSPS) is 18.6. The quantitative estimate of drug-likeness (QED) is 0.540. The van der Waals surface area contributed by atoms with Crippen LogP contribution in [-0.2, 0) is 23.9 Å². The summed E-state index contributed by atoms with van der Waals surface area (Å²) in [5, 5.41) is 2.78. The Morgan fingerprint density at radius 2 is 1.90 bits per heavy atom. The predicted octanol–water partition coefficient (Wildman–Crippen LogP) is 1.82. The molecule has 2 aliphatic rings. The minimum Gasteiger partial charge on any atom is -0.455 e. The summed E-state index contributed by atoms with van der Waals surface area (Å²) in [7, 11) is 1.51. The van der Waals surface area contributed by atoms with Gasteiger partial charge >= 0.3 is 5.97 Å². The number of nitrogens with one attached hydrogen (secondary N) is 1. The van der Waals surface area contributed by atoms with Gasteiger partial charge in [0.1, 0.15) is 0 Å². The third-order valence-electron chi connectivity index (χ3n) is 5.27. The Hall–Kier alpha value is -2.87. The summed E-state index contributed by atoms with van der Waals surface area (Å²) in [4.78, 5) is 39.9. The van der Waals surface area contributed by atoms with Crippen LogP contribution in [0.1, 0.15) is 19.3 Å². The third-order valence-corrected chi connectivity index (χ3v) is 5.27. The molecule has 30 heavy (non-hydrogen) atoms. The van der Waals surface area contributed by atoms with Crippen LogP contribution in [0.15, 0.2) is 36.4 Å². The first-order valence-corrected chi connectivity index (χ1v) is 10.3. The van der Waals surface area contributed by atoms with Crippen molar-refractivity contribution in [3.63, 3.8) is 0 Å². The summed E-state index contributed by atoms with van der Waals surface area (Å²) in [5.74, 6) is -1.26. The molecule has 1 aliphatic heterocycles. The van der Waals surface area contributed by atoms with Crippen LogP contribution in [0.5, 0.6) is 0 Å². The highest BCUT2D eigenvalue weighted by Crippen LogP contribution is 2.20. The van der Waals surface area contributed by atoms with Crippen LogP contribution < -0.4 is 10.2 Å². The molecule has 3 rings (SSSR count). The Balaban J connectivity index is 1.40. The number of amides is 2. The number of morpholine rings is 1. The van der Waals surface area contributed by atoms with Gasteiger partial charge in [0.2, 0.25) is 5.91 Å². The lowest BCUT2D eigenvalue weighted by atomic mass is 9.95. The number of rotatable bonds is 7. The van der Waals surface area contributed by atoms with Crippen molar-refractivity contribution in [1.29, 1.82) is 0 Å². The number of hydrogen-bond acceptors (Lipinski definition) is 6. The monoisotopic (exact) mass is 415 g/mol. The molecule has 0 aromatic heterocycles. The standard InChI is InChI=1S/C22H29N3O5/c1-24(21(27)16-30-22(28)17-5-3-2-4-6-17)15-20(26)23-18-7-9-19(10-8-18)25-11-13-29-14-12-25/h2-3,7-10,17H,4-6,11-16H2,1H3,(H,23,26)/t17-/m1/s1. The van der Waals surface area contributed by atoms with E-state index < -0.39 is 5.91 Å². The van der Waals surface area contributed by atoms with Crippen LogP contribution in [0.4, 0.5) is 11.4 Å². The van der Waals surface area contributed by atoms with Crippen LogP contribution in [0.25, 0.3) is 0 Å². The number of nitrogens with zero attached hydrogens (tertiary/aromatic N) is 2. The van der Waals surface area contributed by atoms with Crippen molar-refractivity contribution in [3.05, 3.63) is 36.4 Å². The van der Waals surface area contributed by atoms with Gasteiger partial charge in [-0.25, -0.2) is 0 Å². The molecule has 1 aromatic rings. The fourth-order valence-corrected chi connectivity index (χ4v) is 3.45. The van der Waals surface area contributed by atoms with E-state index in [0.717, 1.165) is 31.6 Å². The Morgan fingerprint density at radius 1 is 1.17 bits per heavy atom. The number of benzene rings is 1. The van der Waals surface area contributed by atoms with Gasteiger partial charge in [-0.15, -0.1) is 0 Å². The molecule has 8 heteroatoms. The second-order valence-electron chi connectivity index (χ2n) is 7.53. The SMILES string of the molecule is CN(CC(=O)Nc1ccc(N2CCOCC2)cc1)C(=O)COC(=O)[C@@H]1CC=CCC1. The summed E-state index contributed by atoms with van der Waals surface area (Å²) >= 11 is 0. The van der Waals surface area contributed by atoms with Crippen molar-refractivity contribution in [3.8, 4) is 0 Å². The highest BCUT2D eigenvalue weighted by Gasteiger charge is 2.22. The second-order valence-corrected chi connectivity index (χ2v) is 7.53. The molecule has 1 aliphatic carbocycles. The molecule has 1 fully saturated rings. The molecule has 1 atom stereocenters. The van der Waals surface area contributed by atoms with Crippen molar-refractivity contribution in [2.75, 3.05) is 56.7 Å². The van der Waals surface area contributed by atoms with E-state index in [9.17, 15) is 14.4 Å². The number of allylic oxidation sites excluding steroid dienone is 2. The van der Waals surface area contributed by atoms with Crippen LogP contribution in [-0.4, -0.2) is 69.2 Å². The number of carbonyl (C=O) groups excluding carboxylic acids is 3. The number of ether oxygens (including phenoxy) is 2. The van der Waals surface area contributed by atoms with E-state index in [2.05, 4.69) is 10.2 Å². The van der Waals surface area contributed by atoms with Gasteiger partial charge in [0, 0.05) is 31.5 Å². The lowest BCUT2D eigenvalue weighted by Gasteiger charge is -2.28. The largest absolute Gasteiger partial charge is 0.455 e. The maximum Gasteiger partial charge on any atom is 0.309 e. The molecule has 162 valence electrons. The maximum atomic E-state index is 12.3. The topological polar surface area (TPSA) is 88.2 Å². The van der Waals surface area contributed by atoms with Gasteiger partial charge in [-0.1, -0.05) is 12.2 Å². The molecule has 0 radical (unpaired) electrons. The van der Waals surface area contributed by atoms with Crippen molar-refractivity contribution < 1.29 is 23.9 Å². The van der Waals surface area contributed by atoms with Gasteiger partial charge in [0.05, 0.1) is 25.7 Å². The summed E-state index contributed by atoms with van der Waals surface area (Å²) in [6.45, 7) is 2.66. The van der Waals surface area contributed by atoms with Crippen LogP contribution in [0, 0.1) is 5.92 Å². The fraction of sp³-hybridized carbons (Fsp3) is 0.500. The van der Waals surface area contributed by atoms with E-state index in [1.165, 1.54) is 11.9 Å². The van der Waals surface area contributed by atoms with E-state index >= 15 is 0 Å². The van der Waals surface area contributed by atoms with Crippen molar-refractivity contribution >= 4 is 29.2 Å². The molecule has 1 saturated heterocycles. The minimum absolute atomic E-state index is 0.117. The van der Waals surface area contributed by atoms with E-state index in [0.29, 0.717) is 25.3 Å². The van der Waals surface area contributed by atoms with Gasteiger partial charge in [-0.3, -0.25) is 14.4 Å². The first kappa shape index (κ1) is 21.8. The molecule has 1 aromatic carbocycles. The smallest absolute Gasteiger partial charge is 0.309 e. The predicted molar refractivity (Wildman–Crippen MR) is 113 cm³/mol. The maximum absolute atomic E-state index is 12.3. The molecule has 1 heterocycles. The fourth-order valence-electron chi connectivity index (χ4n) is 3.45. The molecule has 0 bridgehead atoms. The van der Waals surface area contributed by atoms with Gasteiger partial charge in [0.15, 0.2) is 6.61 Å². The molecule has 2 amide bonds. The summed E-state index contributed by atoms with van der Waals surface area (Å²) < 4.78 is 10.5. The number of esters is 1. The molecular weight excluding hydrogens is 386 g/mol. The number of carbonyl (C=O) groups is 3. The zero-order chi connectivity index (χ0) is 21.3. The summed E-state index contributed by atoms with van der Waals surface area (Å²) in [6.07, 6.45) is 6.24. The molecule has 8 nitrogen and oxygen atoms in total. The van der Waals surface area contributed by atoms with Crippen LogP contribution in [0.2, 0.25) is 0 Å². The average Bonchev–Trinajstić information content (AvgIpc) is 2.78. The van der Waals surface area contributed by atoms with E-state index in [4.69, 9.17) is 9.47 Å². The number of anilines is 2. The highest BCUT2D eigenvalue weighted by molar-refractivity contribution is 5.95. The number of hydrogen-bond donors (Lipinski definition) is 1. The zero-order valence-corrected chi connectivity index (χ0v) is 17.3. The molecule has 0 saturated carbocycles. The minimum atomic E-state index is -0.410. The van der Waals surface area contributed by atoms with E-state index in [-0.39, 0.29) is 30.9 Å². The Kier molecular flexibility index (Phi) is 7.84. The first-order valence-electron chi connectivity index (χ1n) is 10.3. The van der Waals surface area contributed by atoms with Crippen molar-refractivity contribution in [1.82, 2.24) is 4.90 Å². The van der Waals surface area contributed by atoms with E-state index in [1.807, 2.05) is 36.4 Å². The number of likely N-dealkylation sites (N-methyl/N-ethyl adjacent to an activating group) is 1. The third kappa shape index (κ3) is 6.32. The lowest BCUT2D eigenvalue weighted by Crippen LogP contribution is -2.38. The molecule has 1 N–H and O–H groups in total. The summed E-state index contributed by atoms with van der Waals surface area (Å²) in [5.41, 5.74) is 1.74. The van der Waals surface area contributed by atoms with Crippen LogP contribution in [0.3, 0.4) is 0 Å². The molecule has 0 spiro atoms. The molecule has 0 unspecified atom stereocenters. The van der Waals surface area contributed by atoms with Crippen molar-refractivity contribution in [2.24, 2.45) is 5.92 Å². The van der Waals surface area contributed by atoms with E-state index in [1.54, 1.807) is 0 Å². The van der Waals surface area contributed by atoms with Gasteiger partial charge in [0.25, 0.3) is 5.91 Å². The lowest BCUT2D eigenvalue weighted by molar-refractivity contribution is -0.155. The second kappa shape index (κ2) is 10.8. The first-order chi connectivity index (χ1) is 14.5. The Morgan fingerprint density at radius 3 is 2.57 bits per heavy atom. The van der Waals surface area contributed by atoms with Crippen LogP contribution >= 0.6 is 0 Å². The Labute approximate surface area is 176 Å². The van der Waals surface area contributed by atoms with Gasteiger partial charge in [-0.2, -0.15) is 0 Å².